The zero-order chi connectivity index (χ0) is 12.1. The van der Waals surface area contributed by atoms with Crippen LogP contribution in [0.2, 0.25) is 0 Å². The van der Waals surface area contributed by atoms with Gasteiger partial charge in [-0.15, -0.1) is 0 Å². The summed E-state index contributed by atoms with van der Waals surface area (Å²) in [5.41, 5.74) is -1.19. The molecule has 0 amide bonds. The summed E-state index contributed by atoms with van der Waals surface area (Å²) in [7, 11) is 0. The Morgan fingerprint density at radius 3 is 2.56 bits per heavy atom. The van der Waals surface area contributed by atoms with Crippen molar-refractivity contribution in [1.29, 1.82) is 0 Å². The van der Waals surface area contributed by atoms with Gasteiger partial charge in [-0.2, -0.15) is 0 Å². The highest BCUT2D eigenvalue weighted by molar-refractivity contribution is 6.01. The number of aliphatic hydroxyl groups excluding tert-OH is 1. The minimum Gasteiger partial charge on any atom is -0.494 e. The van der Waals surface area contributed by atoms with Crippen molar-refractivity contribution in [3.8, 4) is 5.88 Å². The minimum absolute atomic E-state index is 0.0597. The van der Waals surface area contributed by atoms with E-state index in [0.717, 1.165) is 0 Å². The Morgan fingerprint density at radius 1 is 1.38 bits per heavy atom. The summed E-state index contributed by atoms with van der Waals surface area (Å²) >= 11 is 0. The predicted molar refractivity (Wildman–Crippen MR) is 58.1 cm³/mol. The van der Waals surface area contributed by atoms with E-state index in [1.54, 1.807) is 6.92 Å². The molecule has 1 aromatic heterocycles. The molecule has 1 heterocycles. The zero-order valence-electron chi connectivity index (χ0n) is 8.78. The van der Waals surface area contributed by atoms with Gasteiger partial charge in [0.05, 0.1) is 18.9 Å². The van der Waals surface area contributed by atoms with Crippen LogP contribution in [0.1, 0.15) is 18.9 Å². The van der Waals surface area contributed by atoms with Crippen molar-refractivity contribution in [2.75, 3.05) is 13.2 Å². The van der Waals surface area contributed by atoms with Crippen molar-refractivity contribution < 1.29 is 10.2 Å². The molecule has 0 fully saturated rings. The zero-order valence-corrected chi connectivity index (χ0v) is 8.78. The molecule has 88 valence electrons. The summed E-state index contributed by atoms with van der Waals surface area (Å²) in [6, 6.07) is 0. The number of nitrogens with one attached hydrogen (secondary N) is 2. The summed E-state index contributed by atoms with van der Waals surface area (Å²) in [4.78, 5) is 30.3. The number of hydrogen-bond donors (Lipinski definition) is 4. The number of aliphatic imine (C=N–C) groups is 1. The number of rotatable bonds is 4. The topological polar surface area (TPSA) is 119 Å². The number of H-pyrrole nitrogens is 2. The second-order valence-corrected chi connectivity index (χ2v) is 3.04. The van der Waals surface area contributed by atoms with Crippen LogP contribution in [-0.2, 0) is 0 Å². The van der Waals surface area contributed by atoms with E-state index in [0.29, 0.717) is 12.1 Å². The molecule has 0 atom stereocenters. The lowest BCUT2D eigenvalue weighted by Gasteiger charge is -2.04. The van der Waals surface area contributed by atoms with E-state index < -0.39 is 17.1 Å². The third-order valence-corrected chi connectivity index (χ3v) is 1.95. The first-order valence-electron chi connectivity index (χ1n) is 4.80. The Kier molecular flexibility index (Phi) is 4.01. The highest BCUT2D eigenvalue weighted by atomic mass is 16.3. The van der Waals surface area contributed by atoms with Gasteiger partial charge in [0.25, 0.3) is 5.56 Å². The fraction of sp³-hybridized carbons (Fsp3) is 0.444. The van der Waals surface area contributed by atoms with Gasteiger partial charge in [-0.3, -0.25) is 19.8 Å². The summed E-state index contributed by atoms with van der Waals surface area (Å²) < 4.78 is 0. The van der Waals surface area contributed by atoms with Gasteiger partial charge in [0.2, 0.25) is 5.88 Å². The Bertz CT molecular complexity index is 500. The minimum atomic E-state index is -0.774. The number of nitrogens with zero attached hydrogens (tertiary/aromatic N) is 1. The van der Waals surface area contributed by atoms with Crippen LogP contribution in [0.4, 0.5) is 0 Å². The molecule has 1 rings (SSSR count). The maximum Gasteiger partial charge on any atom is 0.328 e. The number of hydrogen-bond acceptors (Lipinski definition) is 5. The Labute approximate surface area is 90.5 Å². The molecule has 4 N–H and O–H groups in total. The molecule has 7 heteroatoms. The van der Waals surface area contributed by atoms with E-state index >= 15 is 0 Å². The summed E-state index contributed by atoms with van der Waals surface area (Å²) in [5, 5.41) is 18.1. The molecular weight excluding hydrogens is 214 g/mol. The lowest BCUT2D eigenvalue weighted by molar-refractivity contribution is 0.307. The molecule has 0 bridgehead atoms. The molecule has 0 radical (unpaired) electrons. The van der Waals surface area contributed by atoms with Gasteiger partial charge in [0.15, 0.2) is 0 Å². The molecule has 0 unspecified atom stereocenters. The maximum absolute atomic E-state index is 11.4. The smallest absolute Gasteiger partial charge is 0.328 e. The van der Waals surface area contributed by atoms with Gasteiger partial charge in [-0.25, -0.2) is 4.79 Å². The third kappa shape index (κ3) is 2.57. The van der Waals surface area contributed by atoms with E-state index in [1.165, 1.54) is 0 Å². The highest BCUT2D eigenvalue weighted by Crippen LogP contribution is 2.08. The Balaban J connectivity index is 3.31. The number of aliphatic hydroxyl groups is 1. The molecule has 0 aliphatic heterocycles. The van der Waals surface area contributed by atoms with Crippen LogP contribution in [0.3, 0.4) is 0 Å². The molecule has 0 aliphatic carbocycles. The maximum atomic E-state index is 11.4. The van der Waals surface area contributed by atoms with Crippen molar-refractivity contribution in [3.05, 3.63) is 26.4 Å². The van der Waals surface area contributed by atoms with Gasteiger partial charge in [0, 0.05) is 0 Å². The lowest BCUT2D eigenvalue weighted by atomic mass is 10.1. The van der Waals surface area contributed by atoms with Crippen LogP contribution >= 0.6 is 0 Å². The molecular formula is C9H13N3O4. The van der Waals surface area contributed by atoms with E-state index in [1.807, 2.05) is 4.98 Å². The third-order valence-electron chi connectivity index (χ3n) is 1.95. The first-order valence-corrected chi connectivity index (χ1v) is 4.80. The van der Waals surface area contributed by atoms with Gasteiger partial charge < -0.3 is 10.2 Å². The fourth-order valence-electron chi connectivity index (χ4n) is 1.29. The van der Waals surface area contributed by atoms with Gasteiger partial charge >= 0.3 is 5.69 Å². The van der Waals surface area contributed by atoms with Crippen LogP contribution < -0.4 is 11.2 Å². The number of aromatic hydroxyl groups is 1. The molecule has 0 spiro atoms. The summed E-state index contributed by atoms with van der Waals surface area (Å²) in [6.07, 6.45) is 0.405. The number of aromatic amines is 2. The molecule has 0 saturated heterocycles. The van der Waals surface area contributed by atoms with Crippen molar-refractivity contribution >= 4 is 5.71 Å². The van der Waals surface area contributed by atoms with Crippen LogP contribution in [-0.4, -0.2) is 39.0 Å². The largest absolute Gasteiger partial charge is 0.494 e. The van der Waals surface area contributed by atoms with Crippen molar-refractivity contribution in [3.63, 3.8) is 0 Å². The lowest BCUT2D eigenvalue weighted by Crippen LogP contribution is -2.27. The van der Waals surface area contributed by atoms with Gasteiger partial charge in [0.1, 0.15) is 5.56 Å². The normalized spacial score (nSPS) is 11.8. The van der Waals surface area contributed by atoms with E-state index in [4.69, 9.17) is 5.11 Å². The van der Waals surface area contributed by atoms with Crippen molar-refractivity contribution in [2.24, 2.45) is 4.99 Å². The van der Waals surface area contributed by atoms with Crippen molar-refractivity contribution in [1.82, 2.24) is 9.97 Å². The summed E-state index contributed by atoms with van der Waals surface area (Å²) in [6.45, 7) is 1.74. The van der Waals surface area contributed by atoms with E-state index in [-0.39, 0.29) is 18.7 Å². The molecule has 7 nitrogen and oxygen atoms in total. The average Bonchev–Trinajstić information content (AvgIpc) is 2.21. The van der Waals surface area contributed by atoms with Crippen LogP contribution in [0.5, 0.6) is 5.88 Å². The van der Waals surface area contributed by atoms with Crippen LogP contribution in [0, 0.1) is 0 Å². The first-order chi connectivity index (χ1) is 7.60. The monoisotopic (exact) mass is 227 g/mol. The second-order valence-electron chi connectivity index (χ2n) is 3.04. The quantitative estimate of drug-likeness (QED) is 0.491. The van der Waals surface area contributed by atoms with E-state index in [2.05, 4.69) is 9.98 Å². The molecule has 16 heavy (non-hydrogen) atoms. The Morgan fingerprint density at radius 2 is 2.06 bits per heavy atom. The van der Waals surface area contributed by atoms with Crippen LogP contribution in [0.25, 0.3) is 0 Å². The van der Waals surface area contributed by atoms with Crippen LogP contribution in [0.15, 0.2) is 14.6 Å². The van der Waals surface area contributed by atoms with Crippen molar-refractivity contribution in [2.45, 2.75) is 13.3 Å². The Hall–Kier alpha value is -1.89. The van der Waals surface area contributed by atoms with Gasteiger partial charge in [-0.05, 0) is 6.42 Å². The highest BCUT2D eigenvalue weighted by Gasteiger charge is 2.13. The molecule has 0 saturated carbocycles. The molecule has 1 aromatic rings. The predicted octanol–water partition coefficient (Wildman–Crippen LogP) is -1.04. The first kappa shape index (κ1) is 12.2. The molecule has 0 aliphatic rings. The average molecular weight is 227 g/mol. The SMILES string of the molecule is CCC(=NCCO)c1c(O)[nH]c(=O)[nH]c1=O. The fourth-order valence-corrected chi connectivity index (χ4v) is 1.29. The molecule has 0 aromatic carbocycles. The van der Waals surface area contributed by atoms with Gasteiger partial charge in [-0.1, -0.05) is 6.92 Å². The van der Waals surface area contributed by atoms with E-state index in [9.17, 15) is 14.7 Å². The second kappa shape index (κ2) is 5.26. The number of aromatic nitrogens is 2. The standard InChI is InChI=1S/C9H13N3O4/c1-2-5(10-3-4-13)6-7(14)11-9(16)12-8(6)15/h13H,2-4H2,1H3,(H3,11,12,14,15,16). The summed E-state index contributed by atoms with van der Waals surface area (Å²) in [5.74, 6) is -0.507.